The fourth-order valence-corrected chi connectivity index (χ4v) is 2.62. The van der Waals surface area contributed by atoms with Crippen LogP contribution in [0.4, 0.5) is 0 Å². The van der Waals surface area contributed by atoms with Gasteiger partial charge in [0.1, 0.15) is 0 Å². The van der Waals surface area contributed by atoms with Gasteiger partial charge in [0, 0.05) is 6.04 Å². The summed E-state index contributed by atoms with van der Waals surface area (Å²) in [6, 6.07) is 6.57. The number of benzene rings is 1. The van der Waals surface area contributed by atoms with Crippen molar-refractivity contribution in [3.8, 4) is 0 Å². The van der Waals surface area contributed by atoms with Crippen molar-refractivity contribution in [2.75, 3.05) is 0 Å². The molecule has 1 aliphatic carbocycles. The van der Waals surface area contributed by atoms with Crippen LogP contribution < -0.4 is 5.73 Å². The molecule has 0 amide bonds. The van der Waals surface area contributed by atoms with Crippen LogP contribution in [-0.2, 0) is 5.60 Å². The normalized spacial score (nSPS) is 30.4. The molecule has 0 aliphatic heterocycles. The number of hydrogen-bond donors (Lipinski definition) is 2. The summed E-state index contributed by atoms with van der Waals surface area (Å²) in [6.07, 6.45) is 3.42. The van der Waals surface area contributed by atoms with Gasteiger partial charge in [-0.15, -0.1) is 0 Å². The van der Waals surface area contributed by atoms with E-state index in [2.05, 4.69) is 32.0 Å². The summed E-state index contributed by atoms with van der Waals surface area (Å²) < 4.78 is 0. The van der Waals surface area contributed by atoms with Crippen molar-refractivity contribution in [3.63, 3.8) is 0 Å². The zero-order valence-corrected chi connectivity index (χ0v) is 10.2. The molecule has 88 valence electrons. The fraction of sp³-hybridized carbons (Fsp3) is 0.571. The highest BCUT2D eigenvalue weighted by atomic mass is 16.3. The third-order valence-corrected chi connectivity index (χ3v) is 3.75. The number of aliphatic hydroxyl groups is 1. The van der Waals surface area contributed by atoms with Gasteiger partial charge in [-0.3, -0.25) is 0 Å². The maximum Gasteiger partial charge on any atom is 0.0900 e. The molecule has 0 unspecified atom stereocenters. The zero-order valence-electron chi connectivity index (χ0n) is 10.2. The van der Waals surface area contributed by atoms with Crippen LogP contribution in [0.3, 0.4) is 0 Å². The number of rotatable bonds is 1. The first-order valence-corrected chi connectivity index (χ1v) is 6.07. The van der Waals surface area contributed by atoms with Gasteiger partial charge in [-0.1, -0.05) is 23.8 Å². The van der Waals surface area contributed by atoms with E-state index in [1.54, 1.807) is 0 Å². The van der Waals surface area contributed by atoms with Crippen LogP contribution in [0.15, 0.2) is 18.2 Å². The van der Waals surface area contributed by atoms with E-state index in [0.29, 0.717) is 0 Å². The average molecular weight is 219 g/mol. The van der Waals surface area contributed by atoms with E-state index in [4.69, 9.17) is 5.73 Å². The summed E-state index contributed by atoms with van der Waals surface area (Å²) in [6.45, 7) is 4.14. The Kier molecular flexibility index (Phi) is 3.04. The van der Waals surface area contributed by atoms with Crippen molar-refractivity contribution in [3.05, 3.63) is 34.9 Å². The largest absolute Gasteiger partial charge is 0.385 e. The third-order valence-electron chi connectivity index (χ3n) is 3.75. The van der Waals surface area contributed by atoms with Crippen LogP contribution in [-0.4, -0.2) is 11.1 Å². The highest BCUT2D eigenvalue weighted by Gasteiger charge is 2.34. The standard InChI is InChI=1S/C14H21NO/c1-10-3-4-11(2)13(9-10)14(16)7-5-12(15)6-8-14/h3-4,9,12,16H,5-8,15H2,1-2H3. The van der Waals surface area contributed by atoms with E-state index >= 15 is 0 Å². The number of aryl methyl sites for hydroxylation is 2. The summed E-state index contributed by atoms with van der Waals surface area (Å²) in [5.74, 6) is 0. The molecule has 0 radical (unpaired) electrons. The van der Waals surface area contributed by atoms with Crippen LogP contribution in [0, 0.1) is 13.8 Å². The lowest BCUT2D eigenvalue weighted by Gasteiger charge is -2.36. The molecule has 1 aromatic rings. The molecule has 16 heavy (non-hydrogen) atoms. The van der Waals surface area contributed by atoms with Crippen molar-refractivity contribution < 1.29 is 5.11 Å². The van der Waals surface area contributed by atoms with Gasteiger partial charge in [-0.25, -0.2) is 0 Å². The summed E-state index contributed by atoms with van der Waals surface area (Å²) in [7, 11) is 0. The first-order valence-electron chi connectivity index (χ1n) is 6.07. The molecule has 3 N–H and O–H groups in total. The predicted octanol–water partition coefficient (Wildman–Crippen LogP) is 2.39. The summed E-state index contributed by atoms with van der Waals surface area (Å²) in [5.41, 5.74) is 8.74. The Bertz CT molecular complexity index is 378. The Balaban J connectivity index is 2.32. The van der Waals surface area contributed by atoms with Crippen molar-refractivity contribution in [1.82, 2.24) is 0 Å². The molecule has 0 bridgehead atoms. The van der Waals surface area contributed by atoms with Gasteiger partial charge in [0.05, 0.1) is 5.60 Å². The Labute approximate surface area is 97.5 Å². The van der Waals surface area contributed by atoms with E-state index in [9.17, 15) is 5.11 Å². The highest BCUT2D eigenvalue weighted by Crippen LogP contribution is 2.38. The highest BCUT2D eigenvalue weighted by molar-refractivity contribution is 5.35. The van der Waals surface area contributed by atoms with Gasteiger partial charge in [0.2, 0.25) is 0 Å². The third kappa shape index (κ3) is 2.13. The number of nitrogens with two attached hydrogens (primary N) is 1. The first-order chi connectivity index (χ1) is 7.51. The molecule has 0 spiro atoms. The van der Waals surface area contributed by atoms with Crippen LogP contribution >= 0.6 is 0 Å². The van der Waals surface area contributed by atoms with Gasteiger partial charge in [-0.2, -0.15) is 0 Å². The monoisotopic (exact) mass is 219 g/mol. The van der Waals surface area contributed by atoms with Crippen molar-refractivity contribution >= 4 is 0 Å². The molecule has 0 saturated heterocycles. The second-order valence-corrected chi connectivity index (χ2v) is 5.19. The van der Waals surface area contributed by atoms with E-state index < -0.39 is 5.60 Å². The maximum absolute atomic E-state index is 10.7. The molecule has 2 heteroatoms. The molecule has 1 aromatic carbocycles. The van der Waals surface area contributed by atoms with Crippen LogP contribution in [0.25, 0.3) is 0 Å². The molecule has 1 fully saturated rings. The molecular weight excluding hydrogens is 198 g/mol. The lowest BCUT2D eigenvalue weighted by molar-refractivity contribution is -0.00554. The molecule has 0 aromatic heterocycles. The predicted molar refractivity (Wildman–Crippen MR) is 66.3 cm³/mol. The molecule has 1 saturated carbocycles. The molecule has 0 heterocycles. The Morgan fingerprint density at radius 1 is 1.25 bits per heavy atom. The summed E-state index contributed by atoms with van der Waals surface area (Å²) in [5, 5.41) is 10.7. The quantitative estimate of drug-likeness (QED) is 0.762. The van der Waals surface area contributed by atoms with Gasteiger partial charge in [0.25, 0.3) is 0 Å². The van der Waals surface area contributed by atoms with E-state index in [-0.39, 0.29) is 6.04 Å². The van der Waals surface area contributed by atoms with E-state index in [0.717, 1.165) is 31.2 Å². The lowest BCUT2D eigenvalue weighted by Crippen LogP contribution is -2.37. The number of hydrogen-bond acceptors (Lipinski definition) is 2. The van der Waals surface area contributed by atoms with Crippen LogP contribution in [0.2, 0.25) is 0 Å². The maximum atomic E-state index is 10.7. The first kappa shape index (κ1) is 11.6. The second-order valence-electron chi connectivity index (χ2n) is 5.19. The topological polar surface area (TPSA) is 46.2 Å². The van der Waals surface area contributed by atoms with Crippen LogP contribution in [0.1, 0.15) is 42.4 Å². The van der Waals surface area contributed by atoms with Crippen LogP contribution in [0.5, 0.6) is 0 Å². The molecule has 2 nitrogen and oxygen atoms in total. The molecule has 2 rings (SSSR count). The smallest absolute Gasteiger partial charge is 0.0900 e. The molecule has 0 atom stereocenters. The Hall–Kier alpha value is -0.860. The summed E-state index contributed by atoms with van der Waals surface area (Å²) >= 11 is 0. The Morgan fingerprint density at radius 3 is 2.50 bits per heavy atom. The second kappa shape index (κ2) is 4.19. The minimum atomic E-state index is -0.647. The van der Waals surface area contributed by atoms with Gasteiger partial charge >= 0.3 is 0 Å². The lowest BCUT2D eigenvalue weighted by atomic mass is 9.76. The van der Waals surface area contributed by atoms with Crippen molar-refractivity contribution in [2.45, 2.75) is 51.2 Å². The zero-order chi connectivity index (χ0) is 11.8. The Morgan fingerprint density at radius 2 is 1.88 bits per heavy atom. The molecular formula is C14H21NO. The minimum Gasteiger partial charge on any atom is -0.385 e. The van der Waals surface area contributed by atoms with Crippen molar-refractivity contribution in [1.29, 1.82) is 0 Å². The van der Waals surface area contributed by atoms with E-state index in [1.807, 2.05) is 0 Å². The fourth-order valence-electron chi connectivity index (χ4n) is 2.62. The molecule has 1 aliphatic rings. The summed E-state index contributed by atoms with van der Waals surface area (Å²) in [4.78, 5) is 0. The van der Waals surface area contributed by atoms with E-state index in [1.165, 1.54) is 11.1 Å². The minimum absolute atomic E-state index is 0.269. The van der Waals surface area contributed by atoms with Gasteiger partial charge in [0.15, 0.2) is 0 Å². The van der Waals surface area contributed by atoms with Crippen molar-refractivity contribution in [2.24, 2.45) is 5.73 Å². The average Bonchev–Trinajstić information content (AvgIpc) is 2.26. The van der Waals surface area contributed by atoms with Gasteiger partial charge in [-0.05, 0) is 50.7 Å². The van der Waals surface area contributed by atoms with Gasteiger partial charge < -0.3 is 10.8 Å². The SMILES string of the molecule is Cc1ccc(C)c(C2(O)CCC(N)CC2)c1.